The highest BCUT2D eigenvalue weighted by atomic mass is 16.5. The van der Waals surface area contributed by atoms with Gasteiger partial charge in [-0.25, -0.2) is 9.36 Å². The van der Waals surface area contributed by atoms with Gasteiger partial charge in [-0.3, -0.25) is 9.59 Å². The summed E-state index contributed by atoms with van der Waals surface area (Å²) in [5.74, 6) is 3.87. The van der Waals surface area contributed by atoms with Crippen molar-refractivity contribution in [3.63, 3.8) is 0 Å². The summed E-state index contributed by atoms with van der Waals surface area (Å²) in [6.45, 7) is 15.6. The lowest BCUT2D eigenvalue weighted by molar-refractivity contribution is -0.137. The van der Waals surface area contributed by atoms with Crippen LogP contribution in [0, 0.1) is 24.2 Å². The van der Waals surface area contributed by atoms with Crippen molar-refractivity contribution >= 4 is 29.7 Å². The molecule has 0 aliphatic carbocycles. The molecule has 4 N–H and O–H groups in total. The number of nitrogens with zero attached hydrogens (tertiary/aromatic N) is 13. The van der Waals surface area contributed by atoms with Gasteiger partial charge >= 0.3 is 0 Å². The number of aliphatic hydroxyl groups excluding tert-OH is 1. The van der Waals surface area contributed by atoms with E-state index in [-0.39, 0.29) is 36.9 Å². The molecule has 3 atom stereocenters. The number of hydrogen-bond donors (Lipinski definition) is 3. The van der Waals surface area contributed by atoms with E-state index in [1.54, 1.807) is 15.6 Å². The molecule has 0 radical (unpaired) electrons. The summed E-state index contributed by atoms with van der Waals surface area (Å²) in [4.78, 5) is 50.5. The molecule has 0 unspecified atom stereocenters. The molecule has 2 amide bonds. The Morgan fingerprint density at radius 1 is 0.774 bits per heavy atom. The van der Waals surface area contributed by atoms with Crippen LogP contribution in [0.25, 0.3) is 0 Å². The molecule has 2 aliphatic rings. The van der Waals surface area contributed by atoms with Crippen LogP contribution < -0.4 is 20.9 Å². The second-order valence-electron chi connectivity index (χ2n) is 15.9. The van der Waals surface area contributed by atoms with Gasteiger partial charge in [0.25, 0.3) is 0 Å². The molecule has 0 bridgehead atoms. The summed E-state index contributed by atoms with van der Waals surface area (Å²) < 4.78 is 19.9. The van der Waals surface area contributed by atoms with E-state index in [0.29, 0.717) is 128 Å². The van der Waals surface area contributed by atoms with Crippen LogP contribution in [0.5, 0.6) is 0 Å². The largest absolute Gasteiger partial charge is 0.396 e. The smallest absolute Gasteiger partial charge is 0.247 e. The zero-order chi connectivity index (χ0) is 44.3. The van der Waals surface area contributed by atoms with Crippen molar-refractivity contribution < 1.29 is 28.9 Å². The van der Waals surface area contributed by atoms with Crippen LogP contribution in [0.1, 0.15) is 70.4 Å². The minimum atomic E-state index is -0.520. The normalized spacial score (nSPS) is 16.1. The van der Waals surface area contributed by atoms with Crippen molar-refractivity contribution in [2.24, 2.45) is 17.6 Å². The minimum Gasteiger partial charge on any atom is -0.396 e. The maximum Gasteiger partial charge on any atom is 0.247 e. The van der Waals surface area contributed by atoms with Crippen molar-refractivity contribution in [1.29, 1.82) is 0 Å². The van der Waals surface area contributed by atoms with Crippen molar-refractivity contribution in [1.82, 2.24) is 54.7 Å². The van der Waals surface area contributed by atoms with E-state index < -0.39 is 12.1 Å². The van der Waals surface area contributed by atoms with Gasteiger partial charge in [0.2, 0.25) is 29.7 Å². The SMILES string of the molecule is C#CCOCCOCCOCCNc1nc(N2CCN(C(=O)[C@H]([C@@H](C)CC)n3cc(CCCCN)nn3)CC2)nc(N2CCN(C(=O)[C@@H](C(C)C)n3cc(CCO)nn3)CC2)n1. The number of amides is 2. The molecule has 0 aromatic carbocycles. The molecule has 0 saturated carbocycles. The number of aromatic nitrogens is 9. The molecule has 5 heterocycles. The molecule has 5 rings (SSSR count). The van der Waals surface area contributed by atoms with Crippen molar-refractivity contribution in [2.75, 3.05) is 127 Å². The van der Waals surface area contributed by atoms with Crippen LogP contribution >= 0.6 is 0 Å². The number of unbranched alkanes of at least 4 members (excludes halogenated alkanes) is 1. The number of ether oxygens (including phenoxy) is 3. The molecule has 2 fully saturated rings. The molecule has 0 spiro atoms. The minimum absolute atomic E-state index is 0.0250. The van der Waals surface area contributed by atoms with Gasteiger partial charge in [0.1, 0.15) is 18.7 Å². The summed E-state index contributed by atoms with van der Waals surface area (Å²) in [5.41, 5.74) is 7.19. The molecule has 342 valence electrons. The number of carbonyl (C=O) groups is 2. The highest BCUT2D eigenvalue weighted by Gasteiger charge is 2.35. The van der Waals surface area contributed by atoms with E-state index in [9.17, 15) is 14.7 Å². The number of aliphatic hydroxyl groups is 1. The van der Waals surface area contributed by atoms with Crippen molar-refractivity contribution in [2.45, 2.75) is 71.9 Å². The summed E-state index contributed by atoms with van der Waals surface area (Å²) in [6, 6.07) is -0.973. The van der Waals surface area contributed by atoms with E-state index in [2.05, 4.69) is 55.5 Å². The first kappa shape index (κ1) is 48.0. The Balaban J connectivity index is 1.23. The first-order valence-corrected chi connectivity index (χ1v) is 22.0. The number of carbonyl (C=O) groups excluding carboxylic acids is 2. The van der Waals surface area contributed by atoms with Crippen LogP contribution in [0.15, 0.2) is 12.4 Å². The highest BCUT2D eigenvalue weighted by Crippen LogP contribution is 2.26. The Labute approximate surface area is 365 Å². The lowest BCUT2D eigenvalue weighted by Crippen LogP contribution is -2.52. The number of terminal acetylenes is 1. The Morgan fingerprint density at radius 3 is 1.84 bits per heavy atom. The molecule has 21 nitrogen and oxygen atoms in total. The van der Waals surface area contributed by atoms with E-state index in [4.69, 9.17) is 41.3 Å². The number of piperazine rings is 2. The molecule has 3 aromatic heterocycles. The fraction of sp³-hybridized carbons (Fsp3) is 0.732. The maximum absolute atomic E-state index is 14.1. The molecule has 62 heavy (non-hydrogen) atoms. The Hall–Kier alpha value is -5.01. The average molecular weight is 866 g/mol. The van der Waals surface area contributed by atoms with Crippen LogP contribution in [0.2, 0.25) is 0 Å². The molecule has 2 aliphatic heterocycles. The third-order valence-electron chi connectivity index (χ3n) is 11.1. The first-order chi connectivity index (χ1) is 30.2. The number of nitrogens with two attached hydrogens (primary N) is 1. The van der Waals surface area contributed by atoms with Crippen LogP contribution in [0.3, 0.4) is 0 Å². The van der Waals surface area contributed by atoms with Crippen LogP contribution in [0.4, 0.5) is 17.8 Å². The van der Waals surface area contributed by atoms with Crippen LogP contribution in [-0.4, -0.2) is 183 Å². The monoisotopic (exact) mass is 866 g/mol. The van der Waals surface area contributed by atoms with Gasteiger partial charge in [-0.2, -0.15) is 15.0 Å². The summed E-state index contributed by atoms with van der Waals surface area (Å²) in [7, 11) is 0. The van der Waals surface area contributed by atoms with Gasteiger partial charge in [0, 0.05) is 84.3 Å². The molecule has 21 heteroatoms. The third kappa shape index (κ3) is 13.7. The standard InChI is InChI=1S/C41H67N15O6/c1-6-23-60-25-27-62-28-26-61-24-13-43-39-44-40(53-18-14-51(15-19-53)37(58)35(31(3)4)55-30-34(11-22-57)48-49-55)46-41(45-39)54-20-16-52(17-21-54)38(59)36(32(5)7-2)56-29-33(47-50-56)10-8-9-12-42/h1,29-32,35-36,57H,7-28,42H2,2-5H3,(H,43,44,45,46)/t32-,35+,36-/m0/s1. The quantitative estimate of drug-likeness (QED) is 0.0734. The van der Waals surface area contributed by atoms with Gasteiger partial charge in [0.05, 0.1) is 44.4 Å². The number of rotatable bonds is 26. The predicted octanol–water partition coefficient (Wildman–Crippen LogP) is 0.448. The number of hydrogen-bond acceptors (Lipinski definition) is 17. The van der Waals surface area contributed by atoms with Gasteiger partial charge in [-0.05, 0) is 37.6 Å². The zero-order valence-corrected chi connectivity index (χ0v) is 37.0. The highest BCUT2D eigenvalue weighted by molar-refractivity contribution is 5.81. The number of anilines is 3. The van der Waals surface area contributed by atoms with Gasteiger partial charge in [-0.15, -0.1) is 16.6 Å². The van der Waals surface area contributed by atoms with Gasteiger partial charge in [0.15, 0.2) is 0 Å². The molecule has 2 saturated heterocycles. The van der Waals surface area contributed by atoms with E-state index in [1.807, 2.05) is 29.8 Å². The topological polar surface area (TPSA) is 233 Å². The summed E-state index contributed by atoms with van der Waals surface area (Å²) in [5, 5.41) is 29.8. The fourth-order valence-corrected chi connectivity index (χ4v) is 7.39. The lowest BCUT2D eigenvalue weighted by Gasteiger charge is -2.38. The van der Waals surface area contributed by atoms with E-state index in [1.165, 1.54) is 0 Å². The summed E-state index contributed by atoms with van der Waals surface area (Å²) >= 11 is 0. The van der Waals surface area contributed by atoms with E-state index >= 15 is 0 Å². The Kier molecular flexibility index (Phi) is 19.5. The van der Waals surface area contributed by atoms with Gasteiger partial charge in [-0.1, -0.05) is 50.5 Å². The second kappa shape index (κ2) is 25.2. The zero-order valence-electron chi connectivity index (χ0n) is 37.0. The predicted molar refractivity (Wildman–Crippen MR) is 232 cm³/mol. The maximum atomic E-state index is 14.1. The van der Waals surface area contributed by atoms with Gasteiger partial charge < -0.3 is 50.0 Å². The Morgan fingerprint density at radius 2 is 1.31 bits per heavy atom. The molecule has 3 aromatic rings. The molecular weight excluding hydrogens is 799 g/mol. The average Bonchev–Trinajstić information content (AvgIpc) is 3.95. The lowest BCUT2D eigenvalue weighted by atomic mass is 9.97. The fourth-order valence-electron chi connectivity index (χ4n) is 7.39. The van der Waals surface area contributed by atoms with E-state index in [0.717, 1.165) is 31.4 Å². The number of aryl methyl sites for hydroxylation is 1. The second-order valence-corrected chi connectivity index (χ2v) is 15.9. The molecular formula is C41H67N15O6. The number of nitrogens with one attached hydrogen (secondary N) is 1. The van der Waals surface area contributed by atoms with Crippen LogP contribution in [-0.2, 0) is 36.6 Å². The third-order valence-corrected chi connectivity index (χ3v) is 11.1. The summed E-state index contributed by atoms with van der Waals surface area (Å²) in [6.07, 6.45) is 12.7. The Bertz CT molecular complexity index is 1840. The first-order valence-electron chi connectivity index (χ1n) is 22.0. The van der Waals surface area contributed by atoms with Crippen molar-refractivity contribution in [3.8, 4) is 12.3 Å². The van der Waals surface area contributed by atoms with Crippen molar-refractivity contribution in [3.05, 3.63) is 23.8 Å².